The normalized spacial score (nSPS) is 11.3. The summed E-state index contributed by atoms with van der Waals surface area (Å²) in [6.07, 6.45) is 0. The zero-order valence-corrected chi connectivity index (χ0v) is 36.3. The van der Waals surface area contributed by atoms with E-state index in [9.17, 15) is 0 Å². The molecule has 0 aliphatic heterocycles. The number of hydrogen-bond acceptors (Lipinski definition) is 1. The molecule has 0 aliphatic rings. The first-order valence-electron chi connectivity index (χ1n) is 22.7. The standard InChI is InChI=1S/C64H44N2/c1-2-17-45(18-3-1)55-22-6-8-24-57(55)59-26-10-11-27-60(59)58-25-9-7-23-56(58)48-35-39-50(40-36-48)65(49-37-33-47(34-38-49)54-30-16-20-46-19-4-5-21-53(46)54)51-41-43-52(44-42-51)66-63-31-14-12-28-61(63)62-29-13-15-32-64(62)66/h1-44H. The number of para-hydroxylation sites is 2. The van der Waals surface area contributed by atoms with Crippen LogP contribution in [0.1, 0.15) is 0 Å². The summed E-state index contributed by atoms with van der Waals surface area (Å²) in [6, 6.07) is 96.8. The van der Waals surface area contributed by atoms with E-state index < -0.39 is 0 Å². The van der Waals surface area contributed by atoms with Gasteiger partial charge < -0.3 is 9.47 Å². The molecular weight excluding hydrogens is 797 g/mol. The second kappa shape index (κ2) is 16.8. The predicted molar refractivity (Wildman–Crippen MR) is 280 cm³/mol. The molecule has 0 saturated heterocycles. The molecule has 310 valence electrons. The summed E-state index contributed by atoms with van der Waals surface area (Å²) >= 11 is 0. The van der Waals surface area contributed by atoms with Crippen LogP contribution in [0.25, 0.3) is 93.9 Å². The molecule has 0 fully saturated rings. The molecule has 2 heteroatoms. The maximum Gasteiger partial charge on any atom is 0.0541 e. The second-order valence-electron chi connectivity index (χ2n) is 16.8. The molecule has 0 unspecified atom stereocenters. The van der Waals surface area contributed by atoms with Crippen LogP contribution in [0.5, 0.6) is 0 Å². The first-order valence-corrected chi connectivity index (χ1v) is 22.7. The van der Waals surface area contributed by atoms with Crippen molar-refractivity contribution in [1.82, 2.24) is 4.57 Å². The van der Waals surface area contributed by atoms with Gasteiger partial charge in [0, 0.05) is 33.5 Å². The fraction of sp³-hybridized carbons (Fsp3) is 0. The summed E-state index contributed by atoms with van der Waals surface area (Å²) in [7, 11) is 0. The molecule has 1 heterocycles. The Morgan fingerprint density at radius 1 is 0.227 bits per heavy atom. The van der Waals surface area contributed by atoms with Gasteiger partial charge in [-0.15, -0.1) is 0 Å². The number of rotatable bonds is 9. The smallest absolute Gasteiger partial charge is 0.0541 e. The highest BCUT2D eigenvalue weighted by molar-refractivity contribution is 6.09. The summed E-state index contributed by atoms with van der Waals surface area (Å²) in [4.78, 5) is 2.37. The highest BCUT2D eigenvalue weighted by Crippen LogP contribution is 2.43. The topological polar surface area (TPSA) is 8.17 Å². The lowest BCUT2D eigenvalue weighted by Gasteiger charge is -2.26. The molecular formula is C64H44N2. The average molecular weight is 841 g/mol. The zero-order chi connectivity index (χ0) is 43.8. The Balaban J connectivity index is 0.948. The van der Waals surface area contributed by atoms with Gasteiger partial charge in [-0.2, -0.15) is 0 Å². The molecule has 0 aliphatic carbocycles. The highest BCUT2D eigenvalue weighted by atomic mass is 15.1. The molecule has 0 N–H and O–H groups in total. The molecule has 0 saturated carbocycles. The summed E-state index contributed by atoms with van der Waals surface area (Å²) in [5.74, 6) is 0. The van der Waals surface area contributed by atoms with Crippen LogP contribution in [0.3, 0.4) is 0 Å². The number of benzene rings is 11. The summed E-state index contributed by atoms with van der Waals surface area (Å²) < 4.78 is 2.38. The van der Waals surface area contributed by atoms with Crippen molar-refractivity contribution in [2.75, 3.05) is 4.90 Å². The van der Waals surface area contributed by atoms with Gasteiger partial charge in [0.15, 0.2) is 0 Å². The lowest BCUT2D eigenvalue weighted by atomic mass is 9.87. The summed E-state index contributed by atoms with van der Waals surface area (Å²) in [6.45, 7) is 0. The highest BCUT2D eigenvalue weighted by Gasteiger charge is 2.19. The summed E-state index contributed by atoms with van der Waals surface area (Å²) in [5.41, 5.74) is 18.8. The van der Waals surface area contributed by atoms with Gasteiger partial charge in [0.25, 0.3) is 0 Å². The first-order chi connectivity index (χ1) is 32.8. The van der Waals surface area contributed by atoms with Crippen LogP contribution >= 0.6 is 0 Å². The van der Waals surface area contributed by atoms with E-state index in [-0.39, 0.29) is 0 Å². The van der Waals surface area contributed by atoms with Gasteiger partial charge in [0.05, 0.1) is 11.0 Å². The lowest BCUT2D eigenvalue weighted by molar-refractivity contribution is 1.17. The van der Waals surface area contributed by atoms with Crippen LogP contribution in [-0.2, 0) is 0 Å². The monoisotopic (exact) mass is 840 g/mol. The van der Waals surface area contributed by atoms with Crippen LogP contribution in [0.15, 0.2) is 267 Å². The van der Waals surface area contributed by atoms with Crippen LogP contribution < -0.4 is 4.90 Å². The van der Waals surface area contributed by atoms with Gasteiger partial charge in [0.2, 0.25) is 0 Å². The Labute approximate surface area is 385 Å². The third kappa shape index (κ3) is 6.93. The van der Waals surface area contributed by atoms with Gasteiger partial charge in [0.1, 0.15) is 0 Å². The lowest BCUT2D eigenvalue weighted by Crippen LogP contribution is -2.10. The van der Waals surface area contributed by atoms with Gasteiger partial charge in [-0.1, -0.05) is 206 Å². The fourth-order valence-corrected chi connectivity index (χ4v) is 9.97. The number of anilines is 3. The SMILES string of the molecule is c1ccc(-c2ccccc2-c2ccccc2-c2ccccc2-c2ccc(N(c3ccc(-c4cccc5ccccc45)cc3)c3ccc(-n4c5ccccc5c5ccccc54)cc3)cc2)cc1. The van der Waals surface area contributed by atoms with E-state index in [0.717, 1.165) is 28.3 Å². The minimum atomic E-state index is 1.08. The molecule has 1 aromatic heterocycles. The van der Waals surface area contributed by atoms with Crippen molar-refractivity contribution >= 4 is 49.6 Å². The first kappa shape index (κ1) is 38.9. The van der Waals surface area contributed by atoms with Gasteiger partial charge >= 0.3 is 0 Å². The molecule has 66 heavy (non-hydrogen) atoms. The molecule has 0 amide bonds. The van der Waals surface area contributed by atoms with Crippen molar-refractivity contribution in [1.29, 1.82) is 0 Å². The van der Waals surface area contributed by atoms with Crippen molar-refractivity contribution < 1.29 is 0 Å². The Bertz CT molecular complexity index is 3620. The number of nitrogens with zero attached hydrogens (tertiary/aromatic N) is 2. The Morgan fingerprint density at radius 2 is 0.576 bits per heavy atom. The van der Waals surface area contributed by atoms with Crippen molar-refractivity contribution in [3.8, 4) is 61.3 Å². The third-order valence-corrected chi connectivity index (χ3v) is 13.1. The van der Waals surface area contributed by atoms with Crippen LogP contribution in [0.2, 0.25) is 0 Å². The third-order valence-electron chi connectivity index (χ3n) is 13.1. The molecule has 0 bridgehead atoms. The molecule has 11 aromatic carbocycles. The zero-order valence-electron chi connectivity index (χ0n) is 36.3. The number of aromatic nitrogens is 1. The van der Waals surface area contributed by atoms with E-state index in [2.05, 4.69) is 276 Å². The number of fused-ring (bicyclic) bond motifs is 4. The van der Waals surface area contributed by atoms with E-state index in [0.29, 0.717) is 0 Å². The van der Waals surface area contributed by atoms with Crippen molar-refractivity contribution in [2.24, 2.45) is 0 Å². The predicted octanol–water partition coefficient (Wildman–Crippen LogP) is 17.7. The van der Waals surface area contributed by atoms with E-state index in [1.165, 1.54) is 82.6 Å². The Hall–Kier alpha value is -8.72. The van der Waals surface area contributed by atoms with Crippen LogP contribution in [-0.4, -0.2) is 4.57 Å². The van der Waals surface area contributed by atoms with Gasteiger partial charge in [-0.05, 0) is 127 Å². The van der Waals surface area contributed by atoms with Gasteiger partial charge in [-0.25, -0.2) is 0 Å². The Morgan fingerprint density at radius 3 is 1.11 bits per heavy atom. The van der Waals surface area contributed by atoms with Crippen molar-refractivity contribution in [2.45, 2.75) is 0 Å². The van der Waals surface area contributed by atoms with Crippen LogP contribution in [0.4, 0.5) is 17.1 Å². The minimum absolute atomic E-state index is 1.08. The molecule has 2 nitrogen and oxygen atoms in total. The molecule has 0 radical (unpaired) electrons. The van der Waals surface area contributed by atoms with E-state index in [4.69, 9.17) is 0 Å². The van der Waals surface area contributed by atoms with E-state index in [1.807, 2.05) is 0 Å². The molecule has 12 rings (SSSR count). The maximum atomic E-state index is 2.38. The quantitative estimate of drug-likeness (QED) is 0.141. The molecule has 0 spiro atoms. The van der Waals surface area contributed by atoms with E-state index in [1.54, 1.807) is 0 Å². The molecule has 12 aromatic rings. The Kier molecular flexibility index (Phi) is 9.89. The van der Waals surface area contributed by atoms with Crippen LogP contribution in [0, 0.1) is 0 Å². The summed E-state index contributed by atoms with van der Waals surface area (Å²) in [5, 5.41) is 5.01. The minimum Gasteiger partial charge on any atom is -0.311 e. The average Bonchev–Trinajstić information content (AvgIpc) is 3.74. The maximum absolute atomic E-state index is 2.38. The molecule has 0 atom stereocenters. The van der Waals surface area contributed by atoms with Crippen molar-refractivity contribution in [3.63, 3.8) is 0 Å². The number of hydrogen-bond donors (Lipinski definition) is 0. The van der Waals surface area contributed by atoms with Gasteiger partial charge in [-0.3, -0.25) is 0 Å². The second-order valence-corrected chi connectivity index (χ2v) is 16.8. The van der Waals surface area contributed by atoms with Crippen molar-refractivity contribution in [3.05, 3.63) is 267 Å². The fourth-order valence-electron chi connectivity index (χ4n) is 9.97. The largest absolute Gasteiger partial charge is 0.311 e. The van der Waals surface area contributed by atoms with E-state index >= 15 is 0 Å².